The second-order valence-corrected chi connectivity index (χ2v) is 6.63. The molecule has 1 aliphatic rings. The van der Waals surface area contributed by atoms with Gasteiger partial charge in [-0.3, -0.25) is 9.88 Å². The van der Waals surface area contributed by atoms with Gasteiger partial charge in [0, 0.05) is 67.0 Å². The van der Waals surface area contributed by atoms with Crippen molar-refractivity contribution in [3.63, 3.8) is 0 Å². The van der Waals surface area contributed by atoms with Crippen LogP contribution in [0.15, 0.2) is 42.9 Å². The fourth-order valence-corrected chi connectivity index (χ4v) is 3.31. The van der Waals surface area contributed by atoms with Gasteiger partial charge in [-0.1, -0.05) is 17.7 Å². The Morgan fingerprint density at radius 2 is 2.08 bits per heavy atom. The third-order valence-corrected chi connectivity index (χ3v) is 4.72. The summed E-state index contributed by atoms with van der Waals surface area (Å²) in [6, 6.07) is 7.94. The van der Waals surface area contributed by atoms with Gasteiger partial charge >= 0.3 is 0 Å². The second kappa shape index (κ2) is 6.86. The first-order chi connectivity index (χ1) is 12.2. The highest BCUT2D eigenvalue weighted by molar-refractivity contribution is 6.30. The topological polar surface area (TPSA) is 54.8 Å². The molecule has 0 amide bonds. The van der Waals surface area contributed by atoms with Crippen LogP contribution in [0.5, 0.6) is 0 Å². The van der Waals surface area contributed by atoms with Crippen LogP contribution in [0, 0.1) is 6.92 Å². The first kappa shape index (κ1) is 16.1. The highest BCUT2D eigenvalue weighted by Gasteiger charge is 2.20. The van der Waals surface area contributed by atoms with Crippen LogP contribution in [0.1, 0.15) is 22.5 Å². The number of hydrogen-bond acceptors (Lipinski definition) is 5. The van der Waals surface area contributed by atoms with E-state index in [1.165, 1.54) is 5.56 Å². The summed E-state index contributed by atoms with van der Waals surface area (Å²) in [5, 5.41) is 0.592. The third-order valence-electron chi connectivity index (χ3n) is 4.39. The van der Waals surface area contributed by atoms with E-state index >= 15 is 0 Å². The Labute approximate surface area is 151 Å². The van der Waals surface area contributed by atoms with Gasteiger partial charge in [0.05, 0.1) is 5.69 Å². The van der Waals surface area contributed by atoms with Crippen LogP contribution in [0.25, 0.3) is 11.4 Å². The van der Waals surface area contributed by atoms with Gasteiger partial charge in [-0.15, -0.1) is 0 Å². The van der Waals surface area contributed by atoms with Gasteiger partial charge in [0.15, 0.2) is 5.82 Å². The number of rotatable bonds is 3. The molecule has 0 aromatic carbocycles. The Kier molecular flexibility index (Phi) is 4.42. The van der Waals surface area contributed by atoms with Crippen molar-refractivity contribution in [3.05, 3.63) is 70.5 Å². The molecular formula is C19H18ClN5. The SMILES string of the molecule is Cc1ccc(CN2CCc3nc(-c4cccnc4)ncc3C2)c(Cl)n1. The summed E-state index contributed by atoms with van der Waals surface area (Å²) in [6.45, 7) is 4.51. The van der Waals surface area contributed by atoms with E-state index in [4.69, 9.17) is 16.6 Å². The molecule has 0 atom stereocenters. The maximum absolute atomic E-state index is 6.27. The summed E-state index contributed by atoms with van der Waals surface area (Å²) >= 11 is 6.27. The first-order valence-corrected chi connectivity index (χ1v) is 8.66. The largest absolute Gasteiger partial charge is 0.294 e. The molecule has 0 N–H and O–H groups in total. The quantitative estimate of drug-likeness (QED) is 0.676. The number of aromatic nitrogens is 4. The summed E-state index contributed by atoms with van der Waals surface area (Å²) in [5.41, 5.74) is 5.25. The zero-order valence-electron chi connectivity index (χ0n) is 14.0. The van der Waals surface area contributed by atoms with Crippen LogP contribution >= 0.6 is 11.6 Å². The van der Waals surface area contributed by atoms with E-state index in [-0.39, 0.29) is 0 Å². The third kappa shape index (κ3) is 3.52. The van der Waals surface area contributed by atoms with Gasteiger partial charge in [0.2, 0.25) is 0 Å². The number of fused-ring (bicyclic) bond motifs is 1. The Hall–Kier alpha value is -2.37. The van der Waals surface area contributed by atoms with Gasteiger partial charge in [-0.2, -0.15) is 0 Å². The lowest BCUT2D eigenvalue weighted by Crippen LogP contribution is -2.31. The molecule has 126 valence electrons. The molecule has 0 saturated carbocycles. The molecule has 3 aromatic heterocycles. The van der Waals surface area contributed by atoms with Crippen LogP contribution in [-0.2, 0) is 19.5 Å². The predicted octanol–water partition coefficient (Wildman–Crippen LogP) is 3.45. The minimum absolute atomic E-state index is 0.592. The lowest BCUT2D eigenvalue weighted by molar-refractivity contribution is 0.242. The van der Waals surface area contributed by atoms with E-state index in [0.717, 1.165) is 54.4 Å². The summed E-state index contributed by atoms with van der Waals surface area (Å²) < 4.78 is 0. The average Bonchev–Trinajstić information content (AvgIpc) is 2.64. The monoisotopic (exact) mass is 351 g/mol. The lowest BCUT2D eigenvalue weighted by atomic mass is 10.1. The average molecular weight is 352 g/mol. The maximum Gasteiger partial charge on any atom is 0.160 e. The molecule has 0 spiro atoms. The molecule has 6 heteroatoms. The number of hydrogen-bond donors (Lipinski definition) is 0. The molecule has 0 saturated heterocycles. The van der Waals surface area contributed by atoms with Crippen molar-refractivity contribution in [3.8, 4) is 11.4 Å². The van der Waals surface area contributed by atoms with Crippen molar-refractivity contribution in [1.29, 1.82) is 0 Å². The van der Waals surface area contributed by atoms with Crippen molar-refractivity contribution in [2.75, 3.05) is 6.54 Å². The van der Waals surface area contributed by atoms with Crippen molar-refractivity contribution in [1.82, 2.24) is 24.8 Å². The van der Waals surface area contributed by atoms with Gasteiger partial charge in [-0.25, -0.2) is 15.0 Å². The highest BCUT2D eigenvalue weighted by atomic mass is 35.5. The zero-order valence-corrected chi connectivity index (χ0v) is 14.7. The van der Waals surface area contributed by atoms with Crippen LogP contribution in [0.2, 0.25) is 5.15 Å². The molecule has 25 heavy (non-hydrogen) atoms. The van der Waals surface area contributed by atoms with Crippen LogP contribution < -0.4 is 0 Å². The Morgan fingerprint density at radius 3 is 2.88 bits per heavy atom. The van der Waals surface area contributed by atoms with Gasteiger partial charge in [0.1, 0.15) is 5.15 Å². The normalized spacial score (nSPS) is 14.3. The molecule has 3 aromatic rings. The van der Waals surface area contributed by atoms with E-state index < -0.39 is 0 Å². The first-order valence-electron chi connectivity index (χ1n) is 8.28. The van der Waals surface area contributed by atoms with Crippen molar-refractivity contribution in [2.24, 2.45) is 0 Å². The summed E-state index contributed by atoms with van der Waals surface area (Å²) in [4.78, 5) is 20.1. The molecule has 5 nitrogen and oxygen atoms in total. The number of pyridine rings is 2. The van der Waals surface area contributed by atoms with Crippen molar-refractivity contribution < 1.29 is 0 Å². The minimum Gasteiger partial charge on any atom is -0.294 e. The molecule has 0 fully saturated rings. The number of aryl methyl sites for hydroxylation is 1. The standard InChI is InChI=1S/C19H18ClN5/c1-13-4-5-15(18(20)23-13)11-25-8-6-17-16(12-25)10-22-19(24-17)14-3-2-7-21-9-14/h2-5,7,9-10H,6,8,11-12H2,1H3. The number of nitrogens with zero attached hydrogens (tertiary/aromatic N) is 5. The molecule has 1 aliphatic heterocycles. The predicted molar refractivity (Wildman–Crippen MR) is 97.1 cm³/mol. The van der Waals surface area contributed by atoms with E-state index in [2.05, 4.69) is 25.9 Å². The lowest BCUT2D eigenvalue weighted by Gasteiger charge is -2.28. The summed E-state index contributed by atoms with van der Waals surface area (Å²) in [5.74, 6) is 0.742. The molecular weight excluding hydrogens is 334 g/mol. The fourth-order valence-electron chi connectivity index (χ4n) is 3.06. The number of halogens is 1. The summed E-state index contributed by atoms with van der Waals surface area (Å²) in [7, 11) is 0. The minimum atomic E-state index is 0.592. The molecule has 0 aliphatic carbocycles. The van der Waals surface area contributed by atoms with Crippen LogP contribution in [0.4, 0.5) is 0 Å². The highest BCUT2D eigenvalue weighted by Crippen LogP contribution is 2.23. The Morgan fingerprint density at radius 1 is 1.16 bits per heavy atom. The van der Waals surface area contributed by atoms with Crippen LogP contribution in [0.3, 0.4) is 0 Å². The van der Waals surface area contributed by atoms with Gasteiger partial charge < -0.3 is 0 Å². The van der Waals surface area contributed by atoms with E-state index in [1.807, 2.05) is 31.3 Å². The Bertz CT molecular complexity index is 898. The van der Waals surface area contributed by atoms with Crippen molar-refractivity contribution >= 4 is 11.6 Å². The van der Waals surface area contributed by atoms with E-state index in [0.29, 0.717) is 5.15 Å². The molecule has 4 heterocycles. The second-order valence-electron chi connectivity index (χ2n) is 6.27. The summed E-state index contributed by atoms with van der Waals surface area (Å²) in [6.07, 6.45) is 6.39. The smallest absolute Gasteiger partial charge is 0.160 e. The molecule has 0 unspecified atom stereocenters. The van der Waals surface area contributed by atoms with Crippen molar-refractivity contribution in [2.45, 2.75) is 26.4 Å². The Balaban J connectivity index is 1.52. The van der Waals surface area contributed by atoms with Gasteiger partial charge in [-0.05, 0) is 25.1 Å². The van der Waals surface area contributed by atoms with E-state index in [1.54, 1.807) is 12.4 Å². The maximum atomic E-state index is 6.27. The molecule has 0 radical (unpaired) electrons. The fraction of sp³-hybridized carbons (Fsp3) is 0.263. The van der Waals surface area contributed by atoms with E-state index in [9.17, 15) is 0 Å². The van der Waals surface area contributed by atoms with Gasteiger partial charge in [0.25, 0.3) is 0 Å². The van der Waals surface area contributed by atoms with Crippen LogP contribution in [-0.4, -0.2) is 31.4 Å². The molecule has 4 rings (SSSR count). The zero-order chi connectivity index (χ0) is 17.2. The molecule has 0 bridgehead atoms.